The molecule has 0 amide bonds. The molecule has 0 saturated carbocycles. The van der Waals surface area contributed by atoms with Crippen LogP contribution >= 0.6 is 29.7 Å². The summed E-state index contributed by atoms with van der Waals surface area (Å²) in [6, 6.07) is 12.8. The minimum atomic E-state index is -2.07. The van der Waals surface area contributed by atoms with Gasteiger partial charge < -0.3 is 9.80 Å². The van der Waals surface area contributed by atoms with E-state index in [9.17, 15) is 4.91 Å². The van der Waals surface area contributed by atoms with Crippen molar-refractivity contribution in [3.63, 3.8) is 0 Å². The summed E-state index contributed by atoms with van der Waals surface area (Å²) < 4.78 is 18.0. The third-order valence-corrected chi connectivity index (χ3v) is 10.9. The fourth-order valence-corrected chi connectivity index (χ4v) is 8.57. The molecular weight excluding hydrogens is 718 g/mol. The molecule has 0 atom stereocenters. The molecule has 1 aliphatic rings. The van der Waals surface area contributed by atoms with Gasteiger partial charge in [-0.15, -0.1) is 0 Å². The molecule has 1 saturated heterocycles. The molecule has 0 N–H and O–H groups in total. The molecule has 0 aromatic heterocycles. The Balaban J connectivity index is 0.000000246. The number of halogens is 2. The summed E-state index contributed by atoms with van der Waals surface area (Å²) in [6.45, 7) is 21.4. The van der Waals surface area contributed by atoms with Crippen molar-refractivity contribution in [3.05, 3.63) is 86.9 Å². The Labute approximate surface area is 284 Å². The topological polar surface area (TPSA) is 63.6 Å². The summed E-state index contributed by atoms with van der Waals surface area (Å²) in [6.07, 6.45) is 3.59. The summed E-state index contributed by atoms with van der Waals surface area (Å²) in [5.41, 5.74) is 11.6. The third-order valence-electron chi connectivity index (χ3n) is 7.31. The molecule has 3 aromatic carbocycles. The Morgan fingerprint density at radius 2 is 1.33 bits per heavy atom. The second-order valence-corrected chi connectivity index (χ2v) is 20.7. The molecule has 1 aliphatic heterocycles. The average molecular weight is 765 g/mol. The van der Waals surface area contributed by atoms with Crippen molar-refractivity contribution in [2.45, 2.75) is 66.4 Å². The molecule has 7 nitrogen and oxygen atoms in total. The van der Waals surface area contributed by atoms with E-state index in [2.05, 4.69) is 87.6 Å². The Hall–Kier alpha value is -2.32. The number of aryl methyl sites for hydroxylation is 6. The zero-order valence-electron chi connectivity index (χ0n) is 28.1. The average Bonchev–Trinajstić information content (AvgIpc) is 3.37. The van der Waals surface area contributed by atoms with Gasteiger partial charge in [-0.3, -0.25) is 0 Å². The van der Waals surface area contributed by atoms with Crippen LogP contribution in [0.15, 0.2) is 46.6 Å². The quantitative estimate of drug-likeness (QED) is 0.0937. The minimum Gasteiger partial charge on any atom is -0.502 e. The van der Waals surface area contributed by atoms with E-state index in [-0.39, 0.29) is 6.10 Å². The number of benzene rings is 3. The normalized spacial score (nSPS) is 13.7. The van der Waals surface area contributed by atoms with Crippen LogP contribution in [-0.4, -0.2) is 43.4 Å². The second kappa shape index (κ2) is 16.0. The molecule has 250 valence electrons. The molecule has 0 aliphatic carbocycles. The molecule has 0 spiro atoms. The first-order valence-electron chi connectivity index (χ1n) is 14.6. The van der Waals surface area contributed by atoms with Gasteiger partial charge in [0.1, 0.15) is 0 Å². The Morgan fingerprint density at radius 3 is 1.71 bits per heavy atom. The van der Waals surface area contributed by atoms with Gasteiger partial charge in [0, 0.05) is 24.5 Å². The van der Waals surface area contributed by atoms with Crippen LogP contribution in [0.5, 0.6) is 11.5 Å². The van der Waals surface area contributed by atoms with Crippen molar-refractivity contribution in [1.82, 2.24) is 0 Å². The van der Waals surface area contributed by atoms with E-state index in [0.717, 1.165) is 23.5 Å². The van der Waals surface area contributed by atoms with E-state index in [1.54, 1.807) is 17.8 Å². The van der Waals surface area contributed by atoms with Crippen molar-refractivity contribution in [3.8, 4) is 11.5 Å². The predicted octanol–water partition coefficient (Wildman–Crippen LogP) is 9.58. The van der Waals surface area contributed by atoms with Crippen LogP contribution in [0.3, 0.4) is 0 Å². The molecule has 0 unspecified atom stereocenters. The second-order valence-electron chi connectivity index (χ2n) is 11.9. The first-order valence-corrected chi connectivity index (χ1v) is 22.4. The molecule has 1 heterocycles. The van der Waals surface area contributed by atoms with E-state index in [4.69, 9.17) is 33.1 Å². The number of methoxy groups -OCH3 is 1. The van der Waals surface area contributed by atoms with Crippen LogP contribution in [-0.2, 0) is 17.8 Å². The molecular formula is C34H46Cl2N3O4RuS-. The Bertz CT molecular complexity index is 1450. The minimum absolute atomic E-state index is 0.0357. The van der Waals surface area contributed by atoms with Crippen LogP contribution in [0.1, 0.15) is 52.8 Å². The Kier molecular flexibility index (Phi) is 13.2. The van der Waals surface area contributed by atoms with E-state index < -0.39 is 23.8 Å². The van der Waals surface area contributed by atoms with Crippen LogP contribution in [0.2, 0.25) is 0 Å². The van der Waals surface area contributed by atoms with E-state index in [0.29, 0.717) is 11.5 Å². The maximum atomic E-state index is 10.5. The van der Waals surface area contributed by atoms with Crippen molar-refractivity contribution in [2.24, 2.45) is 5.34 Å². The number of anilines is 2. The smallest absolute Gasteiger partial charge is 0.0146 e. The number of rotatable bonds is 9. The zero-order valence-corrected chi connectivity index (χ0v) is 32.2. The van der Waals surface area contributed by atoms with Crippen molar-refractivity contribution >= 4 is 45.7 Å². The van der Waals surface area contributed by atoms with E-state index in [1.807, 2.05) is 32.4 Å². The van der Waals surface area contributed by atoms with Gasteiger partial charge >= 0.3 is 145 Å². The maximum absolute atomic E-state index is 10.5. The standard InChI is InChI=1S/C21H27N2.C13H19NO4S.2ClH.Ru/c1-14-9-16(3)20(17(4)10-14)22-7-8-23(13-22)21-18(5)11-15(2)12-19(21)6;1-9(2)17-13-10(3)7-11(8-12(13)16-4)19(5,6)18-14-15;;;/h9-13H,7-8H2,1-6H3;3,7-9H,1-2,4-6H3;2*1H;/q-1;;;;+2/p-2. The first-order chi connectivity index (χ1) is 21.1. The Morgan fingerprint density at radius 1 is 0.867 bits per heavy atom. The largest absolute Gasteiger partial charge is 0.502 e. The number of hydrogen-bond acceptors (Lipinski definition) is 7. The first kappa shape index (κ1) is 37.1. The van der Waals surface area contributed by atoms with Crippen LogP contribution in [0.25, 0.3) is 0 Å². The van der Waals surface area contributed by atoms with Gasteiger partial charge in [-0.1, -0.05) is 35.4 Å². The van der Waals surface area contributed by atoms with Gasteiger partial charge in [-0.05, 0) is 63.8 Å². The summed E-state index contributed by atoms with van der Waals surface area (Å²) >= 11 is -2.07. The summed E-state index contributed by atoms with van der Waals surface area (Å²) in [5, 5.41) is 2.56. The van der Waals surface area contributed by atoms with Gasteiger partial charge in [0.15, 0.2) is 0 Å². The number of nitrogens with zero attached hydrogens (tertiary/aromatic N) is 3. The molecule has 45 heavy (non-hydrogen) atoms. The van der Waals surface area contributed by atoms with Crippen LogP contribution in [0, 0.1) is 53.1 Å². The zero-order chi connectivity index (χ0) is 33.6. The molecule has 11 heteroatoms. The summed E-state index contributed by atoms with van der Waals surface area (Å²) in [5.74, 6) is 1.12. The van der Waals surface area contributed by atoms with Crippen LogP contribution < -0.4 is 19.3 Å². The SMILES string of the molecule is COc1cc(S(C)(C)ON=O)cc([CH]=[Ru]([Cl])[Cl])c1OC(C)C.Cc1cc(C)c(N2[CH-]N(c3c(C)cc(C)cc3C)CC2)c(C)c1. The molecule has 1 fully saturated rings. The fourth-order valence-electron chi connectivity index (χ4n) is 5.76. The van der Waals surface area contributed by atoms with Crippen LogP contribution in [0.4, 0.5) is 11.4 Å². The van der Waals surface area contributed by atoms with Crippen molar-refractivity contribution in [2.75, 3.05) is 42.5 Å². The van der Waals surface area contributed by atoms with E-state index >= 15 is 0 Å². The predicted molar refractivity (Wildman–Crippen MR) is 191 cm³/mol. The number of hydrogen-bond donors (Lipinski definition) is 0. The van der Waals surface area contributed by atoms with Crippen molar-refractivity contribution in [1.29, 1.82) is 0 Å². The van der Waals surface area contributed by atoms with Crippen molar-refractivity contribution < 1.29 is 27.3 Å². The van der Waals surface area contributed by atoms with Gasteiger partial charge in [0.2, 0.25) is 0 Å². The summed E-state index contributed by atoms with van der Waals surface area (Å²) in [4.78, 5) is 16.1. The summed E-state index contributed by atoms with van der Waals surface area (Å²) in [7, 11) is 11.7. The molecule has 3 aromatic rings. The van der Waals surface area contributed by atoms with E-state index in [1.165, 1.54) is 44.8 Å². The van der Waals surface area contributed by atoms with Gasteiger partial charge in [-0.25, -0.2) is 0 Å². The fraction of sp³-hybridized carbons (Fsp3) is 0.412. The van der Waals surface area contributed by atoms with Gasteiger partial charge in [-0.2, -0.15) is 6.67 Å². The maximum Gasteiger partial charge on any atom is 0.0146 e. The monoisotopic (exact) mass is 764 g/mol. The molecule has 0 radical (unpaired) electrons. The van der Waals surface area contributed by atoms with Gasteiger partial charge in [0.25, 0.3) is 0 Å². The third kappa shape index (κ3) is 9.60. The number of ether oxygens (including phenoxy) is 2. The van der Waals surface area contributed by atoms with Gasteiger partial charge in [0.05, 0.1) is 0 Å². The molecule has 4 rings (SSSR count). The molecule has 0 bridgehead atoms.